The number of hydrogen-bond donors (Lipinski definition) is 2. The van der Waals surface area contributed by atoms with Crippen LogP contribution >= 0.6 is 0 Å². The van der Waals surface area contributed by atoms with Crippen LogP contribution in [-0.2, 0) is 26.5 Å². The van der Waals surface area contributed by atoms with E-state index in [2.05, 4.69) is 0 Å². The van der Waals surface area contributed by atoms with E-state index in [4.69, 9.17) is 10.3 Å². The molecule has 4 rings (SSSR count). The summed E-state index contributed by atoms with van der Waals surface area (Å²) in [6.45, 7) is 0.780. The lowest BCUT2D eigenvalue weighted by atomic mass is 10.00. The predicted molar refractivity (Wildman–Crippen MR) is 137 cm³/mol. The molecule has 4 N–H and O–H groups in total. The Bertz CT molecular complexity index is 1510. The Morgan fingerprint density at radius 3 is 1.68 bits per heavy atom. The van der Waals surface area contributed by atoms with Gasteiger partial charge >= 0.3 is 0 Å². The SMILES string of the molecule is NS(=O)(=O)c1ccc(C(=O)N2CCN(C(=O)c3ccc(S(N)(=O)=O)cc3)[C@H](Cc3ccccc3)C2)cc1. The molecule has 1 fully saturated rings. The van der Waals surface area contributed by atoms with E-state index in [0.717, 1.165) is 5.56 Å². The summed E-state index contributed by atoms with van der Waals surface area (Å²) in [7, 11) is -7.76. The van der Waals surface area contributed by atoms with Crippen LogP contribution in [0, 0.1) is 0 Å². The number of nitrogens with zero attached hydrogens (tertiary/aromatic N) is 2. The Morgan fingerprint density at radius 2 is 1.19 bits per heavy atom. The molecule has 0 saturated carbocycles. The van der Waals surface area contributed by atoms with Gasteiger partial charge in [-0.15, -0.1) is 0 Å². The van der Waals surface area contributed by atoms with Gasteiger partial charge in [-0.05, 0) is 60.5 Å². The Kier molecular flexibility index (Phi) is 7.46. The van der Waals surface area contributed by atoms with Gasteiger partial charge in [-0.1, -0.05) is 30.3 Å². The van der Waals surface area contributed by atoms with E-state index in [0.29, 0.717) is 17.5 Å². The third-order valence-corrected chi connectivity index (χ3v) is 8.06. The molecule has 37 heavy (non-hydrogen) atoms. The molecule has 3 aromatic carbocycles. The van der Waals surface area contributed by atoms with Gasteiger partial charge in [0.05, 0.1) is 15.8 Å². The molecule has 0 bridgehead atoms. The molecule has 3 aromatic rings. The Balaban J connectivity index is 1.57. The van der Waals surface area contributed by atoms with Gasteiger partial charge in [0.15, 0.2) is 0 Å². The quantitative estimate of drug-likeness (QED) is 0.476. The summed E-state index contributed by atoms with van der Waals surface area (Å²) in [6.07, 6.45) is 0.496. The topological polar surface area (TPSA) is 161 Å². The number of carbonyl (C=O) groups excluding carboxylic acids is 2. The summed E-state index contributed by atoms with van der Waals surface area (Å²) < 4.78 is 46.2. The van der Waals surface area contributed by atoms with Gasteiger partial charge in [0.2, 0.25) is 20.0 Å². The first kappa shape index (κ1) is 26.5. The molecule has 0 spiro atoms. The molecule has 0 radical (unpaired) electrons. The second-order valence-electron chi connectivity index (χ2n) is 8.73. The summed E-state index contributed by atoms with van der Waals surface area (Å²) in [5.74, 6) is -0.574. The summed E-state index contributed by atoms with van der Waals surface area (Å²) in [4.78, 5) is 29.8. The van der Waals surface area contributed by atoms with Crippen LogP contribution in [0.5, 0.6) is 0 Å². The van der Waals surface area contributed by atoms with Crippen molar-refractivity contribution in [2.24, 2.45) is 10.3 Å². The molecule has 194 valence electrons. The molecule has 1 saturated heterocycles. The summed E-state index contributed by atoms with van der Waals surface area (Å²) in [6, 6.07) is 20.0. The van der Waals surface area contributed by atoms with Crippen LogP contribution in [0.1, 0.15) is 26.3 Å². The summed E-state index contributed by atoms with van der Waals surface area (Å²) in [5.41, 5.74) is 1.61. The first-order chi connectivity index (χ1) is 17.4. The maximum atomic E-state index is 13.4. The molecule has 2 amide bonds. The molecule has 1 atom stereocenters. The Labute approximate surface area is 215 Å². The molecule has 0 aliphatic carbocycles. The molecule has 0 aromatic heterocycles. The van der Waals surface area contributed by atoms with E-state index in [-0.39, 0.29) is 47.3 Å². The molecule has 1 aliphatic rings. The van der Waals surface area contributed by atoms with E-state index < -0.39 is 20.0 Å². The highest BCUT2D eigenvalue weighted by Crippen LogP contribution is 2.21. The van der Waals surface area contributed by atoms with Crippen molar-refractivity contribution in [3.05, 3.63) is 95.6 Å². The molecule has 12 heteroatoms. The van der Waals surface area contributed by atoms with Crippen LogP contribution in [0.3, 0.4) is 0 Å². The van der Waals surface area contributed by atoms with Crippen molar-refractivity contribution >= 4 is 31.9 Å². The minimum atomic E-state index is -3.89. The summed E-state index contributed by atoms with van der Waals surface area (Å²) in [5, 5.41) is 10.3. The fraction of sp³-hybridized carbons (Fsp3) is 0.200. The van der Waals surface area contributed by atoms with Gasteiger partial charge in [0.25, 0.3) is 11.8 Å². The van der Waals surface area contributed by atoms with E-state index in [1.165, 1.54) is 48.5 Å². The van der Waals surface area contributed by atoms with Crippen LogP contribution in [0.15, 0.2) is 88.7 Å². The highest BCUT2D eigenvalue weighted by Gasteiger charge is 2.33. The van der Waals surface area contributed by atoms with Crippen molar-refractivity contribution < 1.29 is 26.4 Å². The Morgan fingerprint density at radius 1 is 0.703 bits per heavy atom. The van der Waals surface area contributed by atoms with E-state index >= 15 is 0 Å². The second-order valence-corrected chi connectivity index (χ2v) is 11.9. The Hall–Kier alpha value is -3.58. The number of piperazine rings is 1. The van der Waals surface area contributed by atoms with Gasteiger partial charge < -0.3 is 9.80 Å². The number of nitrogens with two attached hydrogens (primary N) is 2. The number of benzene rings is 3. The van der Waals surface area contributed by atoms with Crippen LogP contribution < -0.4 is 10.3 Å². The lowest BCUT2D eigenvalue weighted by Gasteiger charge is -2.41. The molecular weight excluding hydrogens is 516 g/mol. The number of primary sulfonamides is 2. The highest BCUT2D eigenvalue weighted by atomic mass is 32.2. The van der Waals surface area contributed by atoms with Gasteiger partial charge in [-0.25, -0.2) is 27.1 Å². The lowest BCUT2D eigenvalue weighted by molar-refractivity contribution is 0.0386. The summed E-state index contributed by atoms with van der Waals surface area (Å²) >= 11 is 0. The minimum absolute atomic E-state index is 0.0881. The maximum Gasteiger partial charge on any atom is 0.254 e. The van der Waals surface area contributed by atoms with Crippen molar-refractivity contribution in [1.29, 1.82) is 0 Å². The van der Waals surface area contributed by atoms with Crippen LogP contribution in [0.2, 0.25) is 0 Å². The first-order valence-electron chi connectivity index (χ1n) is 11.3. The minimum Gasteiger partial charge on any atom is -0.335 e. The predicted octanol–water partition coefficient (Wildman–Crippen LogP) is 1.19. The monoisotopic (exact) mass is 542 g/mol. The van der Waals surface area contributed by atoms with Crippen LogP contribution in [0.4, 0.5) is 0 Å². The lowest BCUT2D eigenvalue weighted by Crippen LogP contribution is -2.57. The van der Waals surface area contributed by atoms with E-state index in [9.17, 15) is 26.4 Å². The second kappa shape index (κ2) is 10.4. The normalized spacial score (nSPS) is 16.4. The molecule has 1 heterocycles. The van der Waals surface area contributed by atoms with Crippen molar-refractivity contribution in [1.82, 2.24) is 9.80 Å². The van der Waals surface area contributed by atoms with E-state index in [1.807, 2.05) is 30.3 Å². The van der Waals surface area contributed by atoms with Crippen molar-refractivity contribution in [2.45, 2.75) is 22.3 Å². The van der Waals surface area contributed by atoms with Gasteiger partial charge in [0, 0.05) is 30.8 Å². The van der Waals surface area contributed by atoms with Crippen molar-refractivity contribution in [2.75, 3.05) is 19.6 Å². The maximum absolute atomic E-state index is 13.4. The third kappa shape index (κ3) is 6.23. The molecule has 1 aliphatic heterocycles. The fourth-order valence-electron chi connectivity index (χ4n) is 4.29. The fourth-order valence-corrected chi connectivity index (χ4v) is 5.32. The van der Waals surface area contributed by atoms with E-state index in [1.54, 1.807) is 9.80 Å². The van der Waals surface area contributed by atoms with Crippen molar-refractivity contribution in [3.8, 4) is 0 Å². The molecule has 10 nitrogen and oxygen atoms in total. The van der Waals surface area contributed by atoms with Crippen LogP contribution in [0.25, 0.3) is 0 Å². The molecule has 0 unspecified atom stereocenters. The number of carbonyl (C=O) groups is 2. The van der Waals surface area contributed by atoms with Gasteiger partial charge in [0.1, 0.15) is 0 Å². The largest absolute Gasteiger partial charge is 0.335 e. The zero-order chi connectivity index (χ0) is 26.8. The zero-order valence-electron chi connectivity index (χ0n) is 19.7. The first-order valence-corrected chi connectivity index (χ1v) is 14.4. The number of rotatable bonds is 6. The number of sulfonamides is 2. The van der Waals surface area contributed by atoms with Crippen molar-refractivity contribution in [3.63, 3.8) is 0 Å². The smallest absolute Gasteiger partial charge is 0.254 e. The average molecular weight is 543 g/mol. The molecular formula is C25H26N4O6S2. The zero-order valence-corrected chi connectivity index (χ0v) is 21.4. The standard InChI is InChI=1S/C25H26N4O6S2/c26-36(32,33)22-10-6-19(7-11-22)24(30)28-14-15-29(21(17-28)16-18-4-2-1-3-5-18)25(31)20-8-12-23(13-9-20)37(27,34)35/h1-13,21H,14-17H2,(H2,26,32,33)(H2,27,34,35)/t21-/m1/s1. The number of hydrogen-bond acceptors (Lipinski definition) is 6. The number of amides is 2. The van der Waals surface area contributed by atoms with Gasteiger partial charge in [-0.2, -0.15) is 0 Å². The average Bonchev–Trinajstić information content (AvgIpc) is 2.87. The van der Waals surface area contributed by atoms with Crippen LogP contribution in [-0.4, -0.2) is 64.1 Å². The van der Waals surface area contributed by atoms with Gasteiger partial charge in [-0.3, -0.25) is 9.59 Å². The third-order valence-electron chi connectivity index (χ3n) is 6.20. The highest BCUT2D eigenvalue weighted by molar-refractivity contribution is 7.89.